The van der Waals surface area contributed by atoms with Gasteiger partial charge >= 0.3 is 0 Å². The molecule has 0 aliphatic heterocycles. The zero-order valence-corrected chi connectivity index (χ0v) is 19.3. The molecule has 0 radical (unpaired) electrons. The van der Waals surface area contributed by atoms with Crippen molar-refractivity contribution >= 4 is 27.1 Å². The second-order valence-corrected chi connectivity index (χ2v) is 10.5. The number of para-hydroxylation sites is 1. The van der Waals surface area contributed by atoms with Crippen LogP contribution >= 0.6 is 0 Å². The van der Waals surface area contributed by atoms with Gasteiger partial charge in [-0.25, -0.2) is 4.83 Å². The quantitative estimate of drug-likeness (QED) is 0.323. The van der Waals surface area contributed by atoms with E-state index in [2.05, 4.69) is 53.5 Å². The van der Waals surface area contributed by atoms with Gasteiger partial charge in [-0.15, -0.1) is 0 Å². The molecule has 32 heavy (non-hydrogen) atoms. The summed E-state index contributed by atoms with van der Waals surface area (Å²) in [5, 5.41) is 5.07. The summed E-state index contributed by atoms with van der Waals surface area (Å²) in [6.07, 6.45) is 3.55. The van der Waals surface area contributed by atoms with Gasteiger partial charge in [0.05, 0.1) is 11.1 Å². The fourth-order valence-corrected chi connectivity index (χ4v) is 4.43. The van der Waals surface area contributed by atoms with Crippen LogP contribution in [0.2, 0.25) is 0 Å². The molecule has 6 heteroatoms. The fraction of sp³-hybridized carbons (Fsp3) is 0.192. The zero-order chi connectivity index (χ0) is 22.8. The molecule has 0 bridgehead atoms. The van der Waals surface area contributed by atoms with E-state index < -0.39 is 10.0 Å². The molecule has 0 atom stereocenters. The summed E-state index contributed by atoms with van der Waals surface area (Å²) in [6.45, 7) is 6.99. The number of nitrogens with zero attached hydrogens (tertiary/aromatic N) is 2. The van der Waals surface area contributed by atoms with Gasteiger partial charge in [-0.1, -0.05) is 81.4 Å². The highest BCUT2D eigenvalue weighted by Gasteiger charge is 2.17. The van der Waals surface area contributed by atoms with Crippen LogP contribution in [0.5, 0.6) is 0 Å². The minimum absolute atomic E-state index is 0.0398. The Morgan fingerprint density at radius 1 is 0.906 bits per heavy atom. The Bertz CT molecular complexity index is 1350. The zero-order valence-electron chi connectivity index (χ0n) is 18.5. The van der Waals surface area contributed by atoms with Gasteiger partial charge in [0.2, 0.25) is 0 Å². The van der Waals surface area contributed by atoms with Crippen LogP contribution in [-0.2, 0) is 22.0 Å². The van der Waals surface area contributed by atoms with Crippen molar-refractivity contribution in [2.45, 2.75) is 37.6 Å². The monoisotopic (exact) mass is 445 g/mol. The maximum atomic E-state index is 12.7. The predicted octanol–water partition coefficient (Wildman–Crippen LogP) is 5.30. The minimum Gasteiger partial charge on any atom is -0.342 e. The molecule has 0 aliphatic carbocycles. The molecular formula is C26H27N3O2S. The number of hydrogen-bond acceptors (Lipinski definition) is 3. The molecule has 0 aliphatic rings. The standard InChI is InChI=1S/C26H27N3O2S/c1-26(2,3)22-13-15-23(16-14-22)32(30,31)28-27-17-21-19-29(18-20-9-5-4-6-10-20)25-12-8-7-11-24(21)25/h4-17,19,28H,18H2,1-3H3/b27-17+. The van der Waals surface area contributed by atoms with Gasteiger partial charge in [0.25, 0.3) is 10.0 Å². The van der Waals surface area contributed by atoms with Gasteiger partial charge in [-0.3, -0.25) is 0 Å². The van der Waals surface area contributed by atoms with E-state index in [1.807, 2.05) is 54.7 Å². The summed E-state index contributed by atoms with van der Waals surface area (Å²) >= 11 is 0. The van der Waals surface area contributed by atoms with Crippen molar-refractivity contribution in [3.63, 3.8) is 0 Å². The van der Waals surface area contributed by atoms with Crippen LogP contribution in [0.1, 0.15) is 37.5 Å². The van der Waals surface area contributed by atoms with E-state index in [-0.39, 0.29) is 10.3 Å². The molecule has 1 heterocycles. The van der Waals surface area contributed by atoms with Crippen molar-refractivity contribution in [3.05, 3.63) is 102 Å². The molecule has 1 N–H and O–H groups in total. The third-order valence-corrected chi connectivity index (χ3v) is 6.66. The summed E-state index contributed by atoms with van der Waals surface area (Å²) in [5.74, 6) is 0. The average Bonchev–Trinajstić information content (AvgIpc) is 3.11. The molecule has 4 aromatic rings. The van der Waals surface area contributed by atoms with Gasteiger partial charge in [0.1, 0.15) is 0 Å². The number of hydrazone groups is 1. The number of sulfonamides is 1. The molecule has 0 saturated heterocycles. The molecule has 164 valence electrons. The molecular weight excluding hydrogens is 418 g/mol. The second kappa shape index (κ2) is 8.63. The van der Waals surface area contributed by atoms with Crippen molar-refractivity contribution in [2.24, 2.45) is 5.10 Å². The molecule has 4 rings (SSSR count). The molecule has 0 saturated carbocycles. The number of hydrogen-bond donors (Lipinski definition) is 1. The maximum absolute atomic E-state index is 12.7. The van der Waals surface area contributed by atoms with Crippen LogP contribution in [0.25, 0.3) is 10.9 Å². The van der Waals surface area contributed by atoms with Gasteiger partial charge < -0.3 is 4.57 Å². The summed E-state index contributed by atoms with van der Waals surface area (Å²) in [6, 6.07) is 25.1. The number of fused-ring (bicyclic) bond motifs is 1. The molecule has 3 aromatic carbocycles. The van der Waals surface area contributed by atoms with Crippen molar-refractivity contribution in [1.82, 2.24) is 9.40 Å². The molecule has 0 spiro atoms. The van der Waals surface area contributed by atoms with E-state index >= 15 is 0 Å². The smallest absolute Gasteiger partial charge is 0.276 e. The van der Waals surface area contributed by atoms with E-state index in [0.29, 0.717) is 0 Å². The van der Waals surface area contributed by atoms with Crippen LogP contribution in [0, 0.1) is 0 Å². The van der Waals surface area contributed by atoms with Crippen molar-refractivity contribution in [1.29, 1.82) is 0 Å². The van der Waals surface area contributed by atoms with Crippen LogP contribution in [-0.4, -0.2) is 19.2 Å². The fourth-order valence-electron chi connectivity index (χ4n) is 3.64. The van der Waals surface area contributed by atoms with Gasteiger partial charge in [0, 0.05) is 29.2 Å². The van der Waals surface area contributed by atoms with E-state index in [9.17, 15) is 8.42 Å². The van der Waals surface area contributed by atoms with Crippen molar-refractivity contribution in [2.75, 3.05) is 0 Å². The number of aromatic nitrogens is 1. The highest BCUT2D eigenvalue weighted by Crippen LogP contribution is 2.24. The Morgan fingerprint density at radius 2 is 1.56 bits per heavy atom. The maximum Gasteiger partial charge on any atom is 0.276 e. The van der Waals surface area contributed by atoms with Crippen molar-refractivity contribution in [3.8, 4) is 0 Å². The first-order valence-electron chi connectivity index (χ1n) is 10.5. The molecule has 0 unspecified atom stereocenters. The van der Waals surface area contributed by atoms with E-state index in [1.54, 1.807) is 18.3 Å². The Kier molecular flexibility index (Phi) is 5.89. The second-order valence-electron chi connectivity index (χ2n) is 8.84. The average molecular weight is 446 g/mol. The van der Waals surface area contributed by atoms with Gasteiger partial charge in [-0.05, 0) is 34.7 Å². The third kappa shape index (κ3) is 4.75. The van der Waals surface area contributed by atoms with Crippen LogP contribution in [0.4, 0.5) is 0 Å². The first-order valence-corrected chi connectivity index (χ1v) is 12.0. The molecule has 0 amide bonds. The van der Waals surface area contributed by atoms with Crippen LogP contribution < -0.4 is 4.83 Å². The van der Waals surface area contributed by atoms with Crippen molar-refractivity contribution < 1.29 is 8.42 Å². The topological polar surface area (TPSA) is 63.5 Å². The summed E-state index contributed by atoms with van der Waals surface area (Å²) < 4.78 is 27.5. The van der Waals surface area contributed by atoms with Gasteiger partial charge in [0.15, 0.2) is 0 Å². The summed E-state index contributed by atoms with van der Waals surface area (Å²) in [7, 11) is -3.74. The lowest BCUT2D eigenvalue weighted by Gasteiger charge is -2.19. The highest BCUT2D eigenvalue weighted by molar-refractivity contribution is 7.89. The van der Waals surface area contributed by atoms with E-state index in [4.69, 9.17) is 0 Å². The lowest BCUT2D eigenvalue weighted by atomic mass is 9.87. The predicted molar refractivity (Wildman–Crippen MR) is 131 cm³/mol. The molecule has 5 nitrogen and oxygen atoms in total. The van der Waals surface area contributed by atoms with E-state index in [1.165, 1.54) is 5.56 Å². The van der Waals surface area contributed by atoms with Gasteiger partial charge in [-0.2, -0.15) is 13.5 Å². The van der Waals surface area contributed by atoms with E-state index in [0.717, 1.165) is 28.6 Å². The number of nitrogens with one attached hydrogen (secondary N) is 1. The Hall–Kier alpha value is -3.38. The Labute approximate surface area is 189 Å². The minimum atomic E-state index is -3.74. The Balaban J connectivity index is 1.56. The van der Waals surface area contributed by atoms with Crippen LogP contribution in [0.15, 0.2) is 95.1 Å². The highest BCUT2D eigenvalue weighted by atomic mass is 32.2. The molecule has 1 aromatic heterocycles. The lowest BCUT2D eigenvalue weighted by Crippen LogP contribution is -2.19. The first-order chi connectivity index (χ1) is 15.2. The molecule has 0 fully saturated rings. The Morgan fingerprint density at radius 3 is 2.25 bits per heavy atom. The normalized spacial score (nSPS) is 12.5. The number of benzene rings is 3. The largest absolute Gasteiger partial charge is 0.342 e. The summed E-state index contributed by atoms with van der Waals surface area (Å²) in [5.41, 5.74) is 4.14. The first kappa shape index (κ1) is 21.8. The lowest BCUT2D eigenvalue weighted by molar-refractivity contribution is 0.580. The SMILES string of the molecule is CC(C)(C)c1ccc(S(=O)(=O)N/N=C/c2cn(Cc3ccccc3)c3ccccc23)cc1. The van der Waals surface area contributed by atoms with Crippen LogP contribution in [0.3, 0.4) is 0 Å². The summed E-state index contributed by atoms with van der Waals surface area (Å²) in [4.78, 5) is 2.53. The third-order valence-electron chi connectivity index (χ3n) is 5.42. The number of rotatable bonds is 6.